The fourth-order valence-corrected chi connectivity index (χ4v) is 12.8. The molecule has 8 heteroatoms. The summed E-state index contributed by atoms with van der Waals surface area (Å²) in [5.41, 5.74) is 18.2. The molecule has 0 N–H and O–H groups in total. The summed E-state index contributed by atoms with van der Waals surface area (Å²) >= 11 is 0. The normalized spacial score (nSPS) is 11.5. The summed E-state index contributed by atoms with van der Waals surface area (Å²) in [6.07, 6.45) is 0. The van der Waals surface area contributed by atoms with Crippen LogP contribution in [0.25, 0.3) is 155 Å². The number of benzene rings is 12. The zero-order valence-electron chi connectivity index (χ0n) is 45.6. The molecule has 85 heavy (non-hydrogen) atoms. The Kier molecular flexibility index (Phi) is 11.5. The third-order valence-corrected chi connectivity index (χ3v) is 16.6. The van der Waals surface area contributed by atoms with Crippen molar-refractivity contribution in [3.63, 3.8) is 0 Å². The second kappa shape index (κ2) is 19.9. The predicted octanol–water partition coefficient (Wildman–Crippen LogP) is 19.6. The second-order valence-electron chi connectivity index (χ2n) is 21.3. The van der Waals surface area contributed by atoms with Crippen LogP contribution < -0.4 is 0 Å². The molecule has 0 spiro atoms. The Morgan fingerprint density at radius 3 is 1.15 bits per heavy atom. The van der Waals surface area contributed by atoms with Crippen molar-refractivity contribution in [2.75, 3.05) is 0 Å². The van der Waals surface area contributed by atoms with Gasteiger partial charge in [0.05, 0.1) is 62.8 Å². The Hall–Kier alpha value is -12.0. The Morgan fingerprint density at radius 2 is 0.694 bits per heavy atom. The zero-order valence-corrected chi connectivity index (χ0v) is 45.6. The van der Waals surface area contributed by atoms with Crippen molar-refractivity contribution >= 4 is 71.1 Å². The number of aromatic nitrogens is 6. The number of nitrogens with zero attached hydrogens (tertiary/aromatic N) is 8. The molecule has 0 saturated heterocycles. The van der Waals surface area contributed by atoms with Crippen LogP contribution in [0.2, 0.25) is 0 Å². The predicted molar refractivity (Wildman–Crippen MR) is 346 cm³/mol. The summed E-state index contributed by atoms with van der Waals surface area (Å²) in [5, 5.41) is 16.6. The van der Waals surface area contributed by atoms with E-state index in [4.69, 9.17) is 21.5 Å². The lowest BCUT2D eigenvalue weighted by molar-refractivity contribution is 1.07. The molecule has 0 aliphatic heterocycles. The van der Waals surface area contributed by atoms with Crippen molar-refractivity contribution in [3.8, 4) is 90.7 Å². The number of rotatable bonds is 9. The van der Waals surface area contributed by atoms with E-state index in [1.165, 1.54) is 0 Å². The highest BCUT2D eigenvalue weighted by atomic mass is 15.0. The number of fused-ring (bicyclic) bond motifs is 9. The average molecular weight is 1080 g/mol. The highest BCUT2D eigenvalue weighted by Crippen LogP contribution is 2.49. The van der Waals surface area contributed by atoms with Crippen LogP contribution in [0, 0.1) is 17.9 Å². The quantitative estimate of drug-likeness (QED) is 0.135. The van der Waals surface area contributed by atoms with Gasteiger partial charge in [0.2, 0.25) is 0 Å². The molecule has 0 aliphatic carbocycles. The minimum Gasteiger partial charge on any atom is -0.309 e. The van der Waals surface area contributed by atoms with Crippen molar-refractivity contribution in [1.29, 1.82) is 5.26 Å². The van der Waals surface area contributed by atoms with Gasteiger partial charge in [-0.15, -0.1) is 0 Å². The number of hydrogen-bond acceptors (Lipinski definition) is 4. The van der Waals surface area contributed by atoms with Gasteiger partial charge in [-0.3, -0.25) is 0 Å². The van der Waals surface area contributed by atoms with Crippen molar-refractivity contribution in [2.45, 2.75) is 0 Å². The molecule has 0 atom stereocenters. The third kappa shape index (κ3) is 7.93. The van der Waals surface area contributed by atoms with E-state index in [1.54, 1.807) is 12.1 Å². The Balaban J connectivity index is 1.09. The Bertz CT molecular complexity index is 5120. The molecular weight excluding hydrogens is 1040 g/mol. The molecule has 4 heterocycles. The molecule has 0 radical (unpaired) electrons. The first-order chi connectivity index (χ1) is 42.1. The Morgan fingerprint density at radius 1 is 0.306 bits per heavy atom. The van der Waals surface area contributed by atoms with Crippen LogP contribution in [0.1, 0.15) is 5.56 Å². The van der Waals surface area contributed by atoms with Gasteiger partial charge in [0.1, 0.15) is 0 Å². The van der Waals surface area contributed by atoms with Crippen molar-refractivity contribution in [3.05, 3.63) is 296 Å². The van der Waals surface area contributed by atoms with Crippen LogP contribution in [-0.2, 0) is 0 Å². The first-order valence-electron chi connectivity index (χ1n) is 28.3. The second-order valence-corrected chi connectivity index (χ2v) is 21.3. The van der Waals surface area contributed by atoms with Gasteiger partial charge in [-0.2, -0.15) is 5.26 Å². The van der Waals surface area contributed by atoms with Crippen molar-refractivity contribution < 1.29 is 0 Å². The standard InChI is InChI=1S/C77H46N8/c1-79-65-44-49(48-78)40-42-54(65)52-41-43-73-62(45-52)59-30-12-21-39-72(59)85(73)74-63(60-31-13-19-37-70(60)83-66-33-15-8-26-55(66)56-27-9-16-34-67(56)83)46-53(77-81-75(50-22-4-2-5-23-50)80-76(82-77)51-24-6-3-7-25-51)47-64(74)61-32-14-20-38-71(61)84-68-35-17-10-28-57(68)58-29-11-18-36-69(58)84/h2-47H. The topological polar surface area (TPSA) is 81.6 Å². The zero-order chi connectivity index (χ0) is 56.5. The van der Waals surface area contributed by atoms with Crippen LogP contribution >= 0.6 is 0 Å². The van der Waals surface area contributed by atoms with Gasteiger partial charge in [0, 0.05) is 76.8 Å². The maximum Gasteiger partial charge on any atom is 0.196 e. The summed E-state index contributed by atoms with van der Waals surface area (Å²) < 4.78 is 7.27. The first kappa shape index (κ1) is 48.9. The van der Waals surface area contributed by atoms with Gasteiger partial charge in [0.15, 0.2) is 23.2 Å². The summed E-state index contributed by atoms with van der Waals surface area (Å²) in [6.45, 7) is 8.23. The van der Waals surface area contributed by atoms with Gasteiger partial charge < -0.3 is 13.7 Å². The maximum atomic E-state index is 9.86. The average Bonchev–Trinajstić information content (AvgIpc) is 3.68. The number of para-hydroxylation sites is 7. The van der Waals surface area contributed by atoms with Crippen LogP contribution in [0.5, 0.6) is 0 Å². The summed E-state index contributed by atoms with van der Waals surface area (Å²) in [7, 11) is 0. The molecule has 394 valence electrons. The molecule has 0 saturated carbocycles. The molecule has 0 fully saturated rings. The Labute approximate surface area is 489 Å². The SMILES string of the molecule is [C-]#[N+]c1cc(C#N)ccc1-c1ccc2c(c1)c1ccccc1n2-c1c(-c2ccccc2-n2c3ccccc3c3ccccc32)cc(-c2nc(-c3ccccc3)nc(-c3ccccc3)n2)cc1-c1ccccc1-n1c2ccccc2c2ccccc21. The molecule has 8 nitrogen and oxygen atoms in total. The van der Waals surface area contributed by atoms with E-state index in [2.05, 4.69) is 249 Å². The third-order valence-electron chi connectivity index (χ3n) is 16.6. The van der Waals surface area contributed by atoms with E-state index in [1.807, 2.05) is 42.5 Å². The fourth-order valence-electron chi connectivity index (χ4n) is 12.8. The van der Waals surface area contributed by atoms with Gasteiger partial charge >= 0.3 is 0 Å². The number of hydrogen-bond donors (Lipinski definition) is 0. The fraction of sp³-hybridized carbons (Fsp3) is 0. The molecule has 0 unspecified atom stereocenters. The van der Waals surface area contributed by atoms with E-state index in [0.717, 1.165) is 133 Å². The van der Waals surface area contributed by atoms with E-state index >= 15 is 0 Å². The van der Waals surface area contributed by atoms with Gasteiger partial charge in [-0.1, -0.05) is 200 Å². The molecule has 12 aromatic carbocycles. The first-order valence-corrected chi connectivity index (χ1v) is 28.3. The lowest BCUT2D eigenvalue weighted by atomic mass is 9.90. The summed E-state index contributed by atoms with van der Waals surface area (Å²) in [4.78, 5) is 20.0. The highest BCUT2D eigenvalue weighted by Gasteiger charge is 2.28. The molecule has 4 aromatic heterocycles. The monoisotopic (exact) mass is 1080 g/mol. The molecule has 0 amide bonds. The highest BCUT2D eigenvalue weighted by molar-refractivity contribution is 6.14. The van der Waals surface area contributed by atoms with Crippen molar-refractivity contribution in [2.24, 2.45) is 0 Å². The van der Waals surface area contributed by atoms with Crippen LogP contribution in [-0.4, -0.2) is 28.7 Å². The minimum atomic E-state index is 0.426. The molecule has 16 aromatic rings. The lowest BCUT2D eigenvalue weighted by Gasteiger charge is -2.24. The van der Waals surface area contributed by atoms with Crippen LogP contribution in [0.15, 0.2) is 279 Å². The van der Waals surface area contributed by atoms with Crippen molar-refractivity contribution in [1.82, 2.24) is 28.7 Å². The van der Waals surface area contributed by atoms with Gasteiger partial charge in [-0.05, 0) is 90.0 Å². The minimum absolute atomic E-state index is 0.426. The van der Waals surface area contributed by atoms with Gasteiger partial charge in [-0.25, -0.2) is 19.8 Å². The lowest BCUT2D eigenvalue weighted by Crippen LogP contribution is -2.07. The van der Waals surface area contributed by atoms with Gasteiger partial charge in [0.25, 0.3) is 0 Å². The van der Waals surface area contributed by atoms with E-state index < -0.39 is 0 Å². The van der Waals surface area contributed by atoms with Crippen LogP contribution in [0.4, 0.5) is 5.69 Å². The van der Waals surface area contributed by atoms with E-state index in [9.17, 15) is 5.26 Å². The van der Waals surface area contributed by atoms with Crippen LogP contribution in [0.3, 0.4) is 0 Å². The molecular formula is C77H46N8. The summed E-state index contributed by atoms with van der Waals surface area (Å²) in [6, 6.07) is 99.9. The molecule has 0 aliphatic rings. The van der Waals surface area contributed by atoms with E-state index in [-0.39, 0.29) is 0 Å². The number of nitriles is 1. The smallest absolute Gasteiger partial charge is 0.196 e. The summed E-state index contributed by atoms with van der Waals surface area (Å²) in [5.74, 6) is 1.65. The molecule has 16 rings (SSSR count). The van der Waals surface area contributed by atoms with E-state index in [0.29, 0.717) is 28.7 Å². The molecule has 0 bridgehead atoms. The largest absolute Gasteiger partial charge is 0.309 e. The maximum absolute atomic E-state index is 9.86.